The lowest BCUT2D eigenvalue weighted by Gasteiger charge is -2.13. The smallest absolute Gasteiger partial charge is 0.167 e. The van der Waals surface area contributed by atoms with Crippen LogP contribution in [0.4, 0.5) is 14.7 Å². The minimum absolute atomic E-state index is 0.00843. The minimum atomic E-state index is -0.595. The quantitative estimate of drug-likeness (QED) is 0.853. The molecule has 104 valence electrons. The van der Waals surface area contributed by atoms with Gasteiger partial charge in [0.2, 0.25) is 0 Å². The van der Waals surface area contributed by atoms with Crippen molar-refractivity contribution in [3.8, 4) is 0 Å². The van der Waals surface area contributed by atoms with Crippen LogP contribution in [0, 0.1) is 5.82 Å². The normalized spacial score (nSPS) is 10.9. The highest BCUT2D eigenvalue weighted by molar-refractivity contribution is 5.74. The van der Waals surface area contributed by atoms with E-state index in [0.29, 0.717) is 5.69 Å². The Morgan fingerprint density at radius 1 is 1.15 bits per heavy atom. The van der Waals surface area contributed by atoms with Gasteiger partial charge in [-0.25, -0.2) is 9.37 Å². The molecule has 2 heterocycles. The Balaban J connectivity index is 2.33. The average Bonchev–Trinajstić information content (AvgIpc) is 2.47. The summed E-state index contributed by atoms with van der Waals surface area (Å²) < 4.78 is 27.5. The fraction of sp³-hybridized carbons (Fsp3) is 0.143. The van der Waals surface area contributed by atoms with Crippen LogP contribution in [-0.2, 0) is 0 Å². The van der Waals surface area contributed by atoms with Crippen molar-refractivity contribution in [2.24, 2.45) is 0 Å². The van der Waals surface area contributed by atoms with E-state index in [-0.39, 0.29) is 23.0 Å². The summed E-state index contributed by atoms with van der Waals surface area (Å²) in [4.78, 5) is 7.86. The van der Waals surface area contributed by atoms with Crippen molar-refractivity contribution in [1.29, 1.82) is 0 Å². The SMILES string of the molecule is OCCN(F)c1nccc(F)c1/C=C/c1ccccn1. The molecule has 6 heteroatoms. The van der Waals surface area contributed by atoms with Gasteiger partial charge in [0.15, 0.2) is 5.82 Å². The van der Waals surface area contributed by atoms with E-state index >= 15 is 0 Å². The third kappa shape index (κ3) is 3.36. The Labute approximate surface area is 115 Å². The van der Waals surface area contributed by atoms with Crippen molar-refractivity contribution in [3.05, 3.63) is 53.7 Å². The third-order valence-corrected chi connectivity index (χ3v) is 2.55. The first-order valence-electron chi connectivity index (χ1n) is 6.00. The molecule has 20 heavy (non-hydrogen) atoms. The summed E-state index contributed by atoms with van der Waals surface area (Å²) in [6.45, 7) is -0.668. The van der Waals surface area contributed by atoms with Crippen LogP contribution in [0.15, 0.2) is 36.7 Å². The Morgan fingerprint density at radius 3 is 2.70 bits per heavy atom. The van der Waals surface area contributed by atoms with Gasteiger partial charge in [-0.2, -0.15) is 5.12 Å². The first-order valence-corrected chi connectivity index (χ1v) is 6.00. The summed E-state index contributed by atoms with van der Waals surface area (Å²) in [7, 11) is 0. The molecule has 0 fully saturated rings. The molecule has 0 aliphatic carbocycles. The fourth-order valence-electron chi connectivity index (χ4n) is 1.62. The van der Waals surface area contributed by atoms with E-state index in [2.05, 4.69) is 9.97 Å². The highest BCUT2D eigenvalue weighted by Crippen LogP contribution is 2.22. The second kappa shape index (κ2) is 6.72. The van der Waals surface area contributed by atoms with E-state index in [1.54, 1.807) is 30.5 Å². The highest BCUT2D eigenvalue weighted by atomic mass is 19.2. The second-order valence-corrected chi connectivity index (χ2v) is 3.93. The number of rotatable bonds is 5. The van der Waals surface area contributed by atoms with Gasteiger partial charge in [-0.05, 0) is 30.4 Å². The van der Waals surface area contributed by atoms with Crippen molar-refractivity contribution >= 4 is 18.0 Å². The van der Waals surface area contributed by atoms with Gasteiger partial charge in [0.05, 0.1) is 24.4 Å². The van der Waals surface area contributed by atoms with Crippen LogP contribution in [0.1, 0.15) is 11.3 Å². The van der Waals surface area contributed by atoms with Gasteiger partial charge in [-0.3, -0.25) is 4.98 Å². The molecule has 0 aliphatic rings. The van der Waals surface area contributed by atoms with Crippen molar-refractivity contribution in [3.63, 3.8) is 0 Å². The minimum Gasteiger partial charge on any atom is -0.394 e. The molecule has 0 aliphatic heterocycles. The molecule has 0 bridgehead atoms. The van der Waals surface area contributed by atoms with Crippen LogP contribution < -0.4 is 5.12 Å². The van der Waals surface area contributed by atoms with Gasteiger partial charge >= 0.3 is 0 Å². The lowest BCUT2D eigenvalue weighted by atomic mass is 10.2. The number of hydrogen-bond donors (Lipinski definition) is 1. The number of hydrogen-bond acceptors (Lipinski definition) is 4. The monoisotopic (exact) mass is 277 g/mol. The molecule has 0 aromatic carbocycles. The number of aliphatic hydroxyl groups is 1. The molecule has 2 rings (SSSR count). The predicted octanol–water partition coefficient (Wildman–Crippen LogP) is 2.47. The summed E-state index contributed by atoms with van der Waals surface area (Å²) in [6, 6.07) is 6.44. The molecule has 0 saturated carbocycles. The van der Waals surface area contributed by atoms with Gasteiger partial charge < -0.3 is 5.11 Å². The number of anilines is 1. The van der Waals surface area contributed by atoms with Crippen LogP contribution in [0.3, 0.4) is 0 Å². The first kappa shape index (κ1) is 14.1. The van der Waals surface area contributed by atoms with Crippen LogP contribution in [0.5, 0.6) is 0 Å². The van der Waals surface area contributed by atoms with E-state index in [1.165, 1.54) is 12.3 Å². The third-order valence-electron chi connectivity index (χ3n) is 2.55. The Hall–Kier alpha value is -2.34. The lowest BCUT2D eigenvalue weighted by molar-refractivity contribution is 0.274. The summed E-state index contributed by atoms with van der Waals surface area (Å²) in [6.07, 6.45) is 5.75. The van der Waals surface area contributed by atoms with Crippen LogP contribution in [0.25, 0.3) is 12.2 Å². The van der Waals surface area contributed by atoms with Crippen molar-refractivity contribution < 1.29 is 14.0 Å². The van der Waals surface area contributed by atoms with Gasteiger partial charge in [0, 0.05) is 12.4 Å². The maximum absolute atomic E-state index is 13.8. The molecule has 0 unspecified atom stereocenters. The zero-order chi connectivity index (χ0) is 14.4. The molecule has 0 radical (unpaired) electrons. The molecule has 0 saturated heterocycles. The van der Waals surface area contributed by atoms with Gasteiger partial charge in [-0.15, -0.1) is 0 Å². The maximum atomic E-state index is 13.8. The van der Waals surface area contributed by atoms with Gasteiger partial charge in [-0.1, -0.05) is 10.5 Å². The largest absolute Gasteiger partial charge is 0.394 e. The standard InChI is InChI=1S/C14H13F2N3O/c15-13-6-8-18-14(19(16)9-10-20)12(13)5-4-11-3-1-2-7-17-11/h1-8,20H,9-10H2/b5-4+. The van der Waals surface area contributed by atoms with E-state index < -0.39 is 12.4 Å². The Kier molecular flexibility index (Phi) is 4.73. The van der Waals surface area contributed by atoms with Crippen molar-refractivity contribution in [2.75, 3.05) is 18.3 Å². The Morgan fingerprint density at radius 2 is 2.00 bits per heavy atom. The molecule has 0 atom stereocenters. The zero-order valence-electron chi connectivity index (χ0n) is 10.6. The first-order chi connectivity index (χ1) is 9.72. The number of nitrogens with zero attached hydrogens (tertiary/aromatic N) is 3. The van der Waals surface area contributed by atoms with E-state index in [9.17, 15) is 8.87 Å². The lowest BCUT2D eigenvalue weighted by Crippen LogP contribution is -2.19. The van der Waals surface area contributed by atoms with E-state index in [0.717, 1.165) is 6.07 Å². The molecular weight excluding hydrogens is 264 g/mol. The second-order valence-electron chi connectivity index (χ2n) is 3.93. The number of pyridine rings is 2. The van der Waals surface area contributed by atoms with Crippen molar-refractivity contribution in [1.82, 2.24) is 9.97 Å². The van der Waals surface area contributed by atoms with Crippen LogP contribution in [0.2, 0.25) is 0 Å². The predicted molar refractivity (Wildman–Crippen MR) is 72.9 cm³/mol. The van der Waals surface area contributed by atoms with Crippen LogP contribution >= 0.6 is 0 Å². The Bertz CT molecular complexity index is 590. The molecule has 0 amide bonds. The molecule has 0 spiro atoms. The summed E-state index contributed by atoms with van der Waals surface area (Å²) in [5.41, 5.74) is 0.628. The van der Waals surface area contributed by atoms with Gasteiger partial charge in [0.1, 0.15) is 5.82 Å². The molecule has 4 nitrogen and oxygen atoms in total. The number of aromatic nitrogens is 2. The van der Waals surface area contributed by atoms with Gasteiger partial charge in [0.25, 0.3) is 0 Å². The summed E-state index contributed by atoms with van der Waals surface area (Å²) >= 11 is 0. The van der Waals surface area contributed by atoms with E-state index in [1.807, 2.05) is 0 Å². The summed E-state index contributed by atoms with van der Waals surface area (Å²) in [5, 5.41) is 8.94. The number of halogens is 2. The van der Waals surface area contributed by atoms with E-state index in [4.69, 9.17) is 5.11 Å². The highest BCUT2D eigenvalue weighted by Gasteiger charge is 2.13. The topological polar surface area (TPSA) is 49.2 Å². The molecule has 1 N–H and O–H groups in total. The fourth-order valence-corrected chi connectivity index (χ4v) is 1.62. The maximum Gasteiger partial charge on any atom is 0.167 e. The molecule has 2 aromatic rings. The molecule has 2 aromatic heterocycles. The number of aliphatic hydroxyl groups excluding tert-OH is 1. The zero-order valence-corrected chi connectivity index (χ0v) is 10.6. The average molecular weight is 277 g/mol. The summed E-state index contributed by atoms with van der Waals surface area (Å²) in [5.74, 6) is -0.769. The van der Waals surface area contributed by atoms with Crippen molar-refractivity contribution in [2.45, 2.75) is 0 Å². The van der Waals surface area contributed by atoms with Crippen LogP contribution in [-0.4, -0.2) is 28.2 Å². The molecular formula is C14H13F2N3O.